The van der Waals surface area contributed by atoms with Gasteiger partial charge >= 0.3 is 0 Å². The van der Waals surface area contributed by atoms with Gasteiger partial charge < -0.3 is 4.52 Å². The lowest BCUT2D eigenvalue weighted by molar-refractivity contribution is 0.211. The standard InChI is InChI=1S/C18H21N5O/c1-14-5-2-6-15(11-14)18-20-17(21-24-18)13-22-9-3-7-16(22)12-23-10-4-8-19-23/h2,4-6,8,10-11,16H,3,7,9,12-13H2,1H3. The number of rotatable bonds is 5. The Morgan fingerprint density at radius 2 is 2.25 bits per heavy atom. The first-order valence-electron chi connectivity index (χ1n) is 8.39. The summed E-state index contributed by atoms with van der Waals surface area (Å²) in [4.78, 5) is 7.00. The lowest BCUT2D eigenvalue weighted by Crippen LogP contribution is -2.33. The first kappa shape index (κ1) is 15.1. The largest absolute Gasteiger partial charge is 0.334 e. The fourth-order valence-corrected chi connectivity index (χ4v) is 3.33. The molecule has 24 heavy (non-hydrogen) atoms. The van der Waals surface area contributed by atoms with Crippen molar-refractivity contribution in [2.24, 2.45) is 0 Å². The molecule has 2 aromatic heterocycles. The highest BCUT2D eigenvalue weighted by molar-refractivity contribution is 5.53. The lowest BCUT2D eigenvalue weighted by Gasteiger charge is -2.22. The summed E-state index contributed by atoms with van der Waals surface area (Å²) in [5.41, 5.74) is 2.16. The molecule has 1 unspecified atom stereocenters. The summed E-state index contributed by atoms with van der Waals surface area (Å²) in [6, 6.07) is 10.6. The van der Waals surface area contributed by atoms with Gasteiger partial charge in [-0.15, -0.1) is 0 Å². The van der Waals surface area contributed by atoms with E-state index >= 15 is 0 Å². The Balaban J connectivity index is 1.45. The van der Waals surface area contributed by atoms with Crippen LogP contribution in [0.1, 0.15) is 24.2 Å². The number of likely N-dealkylation sites (tertiary alicyclic amines) is 1. The van der Waals surface area contributed by atoms with Crippen molar-refractivity contribution < 1.29 is 4.52 Å². The van der Waals surface area contributed by atoms with Gasteiger partial charge in [-0.3, -0.25) is 9.58 Å². The van der Waals surface area contributed by atoms with Crippen molar-refractivity contribution in [3.05, 3.63) is 54.1 Å². The second-order valence-electron chi connectivity index (χ2n) is 6.38. The molecule has 1 saturated heterocycles. The van der Waals surface area contributed by atoms with E-state index in [0.717, 1.165) is 31.0 Å². The van der Waals surface area contributed by atoms with Gasteiger partial charge in [-0.1, -0.05) is 22.9 Å². The number of benzene rings is 1. The minimum absolute atomic E-state index is 0.478. The molecule has 6 nitrogen and oxygen atoms in total. The van der Waals surface area contributed by atoms with Gasteiger partial charge in [-0.2, -0.15) is 10.1 Å². The van der Waals surface area contributed by atoms with E-state index in [-0.39, 0.29) is 0 Å². The highest BCUT2D eigenvalue weighted by Crippen LogP contribution is 2.22. The van der Waals surface area contributed by atoms with Crippen LogP contribution in [0.4, 0.5) is 0 Å². The number of nitrogens with zero attached hydrogens (tertiary/aromatic N) is 5. The molecule has 4 rings (SSSR count). The first-order valence-corrected chi connectivity index (χ1v) is 8.39. The second kappa shape index (κ2) is 6.57. The third-order valence-electron chi connectivity index (χ3n) is 4.53. The molecular weight excluding hydrogens is 302 g/mol. The Hall–Kier alpha value is -2.47. The highest BCUT2D eigenvalue weighted by Gasteiger charge is 2.26. The lowest BCUT2D eigenvalue weighted by atomic mass is 10.1. The van der Waals surface area contributed by atoms with Crippen molar-refractivity contribution in [3.8, 4) is 11.5 Å². The molecule has 1 aliphatic rings. The first-order chi connectivity index (χ1) is 11.8. The van der Waals surface area contributed by atoms with Crippen LogP contribution in [-0.4, -0.2) is 37.4 Å². The van der Waals surface area contributed by atoms with E-state index in [9.17, 15) is 0 Å². The van der Waals surface area contributed by atoms with Gasteiger partial charge in [0.25, 0.3) is 5.89 Å². The van der Waals surface area contributed by atoms with E-state index in [1.165, 1.54) is 18.4 Å². The van der Waals surface area contributed by atoms with Crippen molar-refractivity contribution in [2.45, 2.75) is 38.9 Å². The summed E-state index contributed by atoms with van der Waals surface area (Å²) in [5, 5.41) is 8.48. The van der Waals surface area contributed by atoms with Crippen LogP contribution in [0.15, 0.2) is 47.2 Å². The van der Waals surface area contributed by atoms with E-state index in [1.807, 2.05) is 35.3 Å². The molecule has 1 aromatic carbocycles. The van der Waals surface area contributed by atoms with E-state index in [0.29, 0.717) is 11.9 Å². The maximum absolute atomic E-state index is 5.45. The molecule has 0 aliphatic carbocycles. The van der Waals surface area contributed by atoms with Crippen LogP contribution in [0.2, 0.25) is 0 Å². The van der Waals surface area contributed by atoms with E-state index < -0.39 is 0 Å². The Labute approximate surface area is 141 Å². The smallest absolute Gasteiger partial charge is 0.257 e. The number of hydrogen-bond acceptors (Lipinski definition) is 5. The van der Waals surface area contributed by atoms with Gasteiger partial charge in [0.1, 0.15) is 0 Å². The molecule has 1 aliphatic heterocycles. The van der Waals surface area contributed by atoms with Crippen molar-refractivity contribution >= 4 is 0 Å². The summed E-state index contributed by atoms with van der Waals surface area (Å²) in [6.07, 6.45) is 6.23. The Morgan fingerprint density at radius 3 is 3.08 bits per heavy atom. The molecular formula is C18H21N5O. The van der Waals surface area contributed by atoms with E-state index in [2.05, 4.69) is 39.2 Å². The number of hydrogen-bond donors (Lipinski definition) is 0. The predicted molar refractivity (Wildman–Crippen MR) is 90.1 cm³/mol. The Morgan fingerprint density at radius 1 is 1.29 bits per heavy atom. The monoisotopic (exact) mass is 323 g/mol. The average Bonchev–Trinajstić information content (AvgIpc) is 3.32. The van der Waals surface area contributed by atoms with Crippen LogP contribution in [0.25, 0.3) is 11.5 Å². The predicted octanol–water partition coefficient (Wildman–Crippen LogP) is 2.91. The minimum Gasteiger partial charge on any atom is -0.334 e. The second-order valence-corrected chi connectivity index (χ2v) is 6.38. The van der Waals surface area contributed by atoms with Crippen molar-refractivity contribution in [1.82, 2.24) is 24.8 Å². The summed E-state index contributed by atoms with van der Waals surface area (Å²) >= 11 is 0. The maximum atomic E-state index is 5.45. The number of aryl methyl sites for hydroxylation is 1. The topological polar surface area (TPSA) is 60.0 Å². The zero-order chi connectivity index (χ0) is 16.4. The van der Waals surface area contributed by atoms with E-state index in [4.69, 9.17) is 4.52 Å². The molecule has 1 fully saturated rings. The molecule has 0 N–H and O–H groups in total. The van der Waals surface area contributed by atoms with Crippen molar-refractivity contribution in [3.63, 3.8) is 0 Å². The molecule has 0 amide bonds. The molecule has 3 aromatic rings. The van der Waals surface area contributed by atoms with Crippen LogP contribution in [0.5, 0.6) is 0 Å². The summed E-state index contributed by atoms with van der Waals surface area (Å²) < 4.78 is 7.45. The van der Waals surface area contributed by atoms with Gasteiger partial charge in [-0.05, 0) is 44.5 Å². The van der Waals surface area contributed by atoms with Gasteiger partial charge in [0, 0.05) is 24.0 Å². The van der Waals surface area contributed by atoms with Gasteiger partial charge in [0.05, 0.1) is 13.1 Å². The molecule has 3 heterocycles. The van der Waals surface area contributed by atoms with Crippen LogP contribution in [-0.2, 0) is 13.1 Å². The molecule has 0 bridgehead atoms. The summed E-state index contributed by atoms with van der Waals surface area (Å²) in [5.74, 6) is 1.34. The van der Waals surface area contributed by atoms with Gasteiger partial charge in [0.2, 0.25) is 0 Å². The van der Waals surface area contributed by atoms with E-state index in [1.54, 1.807) is 0 Å². The van der Waals surface area contributed by atoms with Gasteiger partial charge in [-0.25, -0.2) is 0 Å². The zero-order valence-electron chi connectivity index (χ0n) is 13.8. The van der Waals surface area contributed by atoms with Crippen LogP contribution < -0.4 is 0 Å². The Bertz CT molecular complexity index is 795. The minimum atomic E-state index is 0.478. The van der Waals surface area contributed by atoms with Crippen LogP contribution in [0, 0.1) is 6.92 Å². The Kier molecular flexibility index (Phi) is 4.13. The quantitative estimate of drug-likeness (QED) is 0.722. The average molecular weight is 323 g/mol. The fourth-order valence-electron chi connectivity index (χ4n) is 3.33. The van der Waals surface area contributed by atoms with Gasteiger partial charge in [0.15, 0.2) is 5.82 Å². The van der Waals surface area contributed by atoms with Crippen LogP contribution in [0.3, 0.4) is 0 Å². The summed E-state index contributed by atoms with van der Waals surface area (Å²) in [7, 11) is 0. The zero-order valence-corrected chi connectivity index (χ0v) is 13.8. The molecule has 0 radical (unpaired) electrons. The molecule has 6 heteroatoms. The van der Waals surface area contributed by atoms with Crippen LogP contribution >= 0.6 is 0 Å². The third-order valence-corrected chi connectivity index (χ3v) is 4.53. The molecule has 1 atom stereocenters. The van der Waals surface area contributed by atoms with Crippen molar-refractivity contribution in [1.29, 1.82) is 0 Å². The third kappa shape index (κ3) is 3.23. The molecule has 0 spiro atoms. The number of aromatic nitrogens is 4. The normalized spacial score (nSPS) is 18.3. The van der Waals surface area contributed by atoms with Crippen molar-refractivity contribution in [2.75, 3.05) is 6.54 Å². The SMILES string of the molecule is Cc1cccc(-c2nc(CN3CCCC3Cn3cccn3)no2)c1. The molecule has 0 saturated carbocycles. The highest BCUT2D eigenvalue weighted by atomic mass is 16.5. The fraction of sp³-hybridized carbons (Fsp3) is 0.389. The maximum Gasteiger partial charge on any atom is 0.257 e. The molecule has 124 valence electrons. The summed E-state index contributed by atoms with van der Waals surface area (Å²) in [6.45, 7) is 4.77.